The largest absolute Gasteiger partial charge is 0.352 e. The van der Waals surface area contributed by atoms with Crippen molar-refractivity contribution in [3.63, 3.8) is 0 Å². The van der Waals surface area contributed by atoms with Gasteiger partial charge in [0.2, 0.25) is 11.8 Å². The molecule has 5 nitrogen and oxygen atoms in total. The molecule has 2 N–H and O–H groups in total. The van der Waals surface area contributed by atoms with Gasteiger partial charge >= 0.3 is 0 Å². The summed E-state index contributed by atoms with van der Waals surface area (Å²) in [5.74, 6) is 0.197. The summed E-state index contributed by atoms with van der Waals surface area (Å²) in [4.78, 5) is 29.7. The third-order valence-corrected chi connectivity index (χ3v) is 6.23. The first-order valence-electron chi connectivity index (χ1n) is 11.0. The van der Waals surface area contributed by atoms with Gasteiger partial charge in [0, 0.05) is 29.2 Å². The second-order valence-electron chi connectivity index (χ2n) is 8.44. The zero-order chi connectivity index (χ0) is 21.8. The minimum Gasteiger partial charge on any atom is -0.352 e. The van der Waals surface area contributed by atoms with Gasteiger partial charge in [-0.05, 0) is 61.6 Å². The molecule has 0 atom stereocenters. The van der Waals surface area contributed by atoms with Crippen LogP contribution in [0, 0.1) is 19.8 Å². The molecule has 0 unspecified atom stereocenters. The van der Waals surface area contributed by atoms with E-state index in [1.165, 1.54) is 0 Å². The van der Waals surface area contributed by atoms with Crippen LogP contribution in [-0.4, -0.2) is 16.8 Å². The van der Waals surface area contributed by atoms with Crippen LogP contribution >= 0.6 is 0 Å². The Kier molecular flexibility index (Phi) is 6.31. The summed E-state index contributed by atoms with van der Waals surface area (Å²) in [5, 5.41) is 7.11. The number of nitrogens with one attached hydrogen (secondary N) is 2. The summed E-state index contributed by atoms with van der Waals surface area (Å²) in [6.45, 7) is 4.43. The lowest BCUT2D eigenvalue weighted by atomic mass is 9.99. The molecule has 1 heterocycles. The van der Waals surface area contributed by atoms with E-state index in [1.807, 2.05) is 55.5 Å². The maximum Gasteiger partial charge on any atom is 0.227 e. The molecule has 0 saturated heterocycles. The van der Waals surface area contributed by atoms with Gasteiger partial charge < -0.3 is 10.6 Å². The van der Waals surface area contributed by atoms with Gasteiger partial charge in [0.15, 0.2) is 0 Å². The highest BCUT2D eigenvalue weighted by Crippen LogP contribution is 2.26. The molecule has 1 fully saturated rings. The lowest BCUT2D eigenvalue weighted by Crippen LogP contribution is -2.25. The molecule has 0 spiro atoms. The summed E-state index contributed by atoms with van der Waals surface area (Å²) in [5.41, 5.74) is 5.68. The Morgan fingerprint density at radius 2 is 1.81 bits per heavy atom. The SMILES string of the molecule is Cc1nc2ccccc2c(C)c1CC(=O)NCc1cccc(NC(=O)C2CCCC2)c1. The van der Waals surface area contributed by atoms with Gasteiger partial charge in [-0.3, -0.25) is 14.6 Å². The zero-order valence-electron chi connectivity index (χ0n) is 18.2. The molecule has 2 amide bonds. The van der Waals surface area contributed by atoms with Crippen LogP contribution in [0.25, 0.3) is 10.9 Å². The average molecular weight is 416 g/mol. The van der Waals surface area contributed by atoms with Crippen molar-refractivity contribution in [2.75, 3.05) is 5.32 Å². The number of hydrogen-bond acceptors (Lipinski definition) is 3. The second kappa shape index (κ2) is 9.29. The van der Waals surface area contributed by atoms with Crippen LogP contribution in [0.15, 0.2) is 48.5 Å². The number of benzene rings is 2. The number of amides is 2. The number of aromatic nitrogens is 1. The molecule has 2 aromatic carbocycles. The molecule has 0 bridgehead atoms. The summed E-state index contributed by atoms with van der Waals surface area (Å²) in [6, 6.07) is 15.7. The van der Waals surface area contributed by atoms with E-state index in [-0.39, 0.29) is 17.7 Å². The fourth-order valence-electron chi connectivity index (χ4n) is 4.45. The smallest absolute Gasteiger partial charge is 0.227 e. The first-order chi connectivity index (χ1) is 15.0. The average Bonchev–Trinajstić information content (AvgIpc) is 3.31. The number of carbonyl (C=O) groups is 2. The summed E-state index contributed by atoms with van der Waals surface area (Å²) >= 11 is 0. The third-order valence-electron chi connectivity index (χ3n) is 6.23. The van der Waals surface area contributed by atoms with Gasteiger partial charge in [0.25, 0.3) is 0 Å². The van der Waals surface area contributed by atoms with Crippen molar-refractivity contribution in [2.24, 2.45) is 5.92 Å². The molecule has 1 saturated carbocycles. The number of fused-ring (bicyclic) bond motifs is 1. The minimum absolute atomic E-state index is 0.0383. The molecular weight excluding hydrogens is 386 g/mol. The number of carbonyl (C=O) groups excluding carboxylic acids is 2. The van der Waals surface area contributed by atoms with Gasteiger partial charge in [0.05, 0.1) is 11.9 Å². The van der Waals surface area contributed by atoms with Crippen molar-refractivity contribution < 1.29 is 9.59 Å². The molecule has 31 heavy (non-hydrogen) atoms. The first-order valence-corrected chi connectivity index (χ1v) is 11.0. The van der Waals surface area contributed by atoms with Crippen LogP contribution in [0.5, 0.6) is 0 Å². The van der Waals surface area contributed by atoms with Crippen LogP contribution in [0.2, 0.25) is 0 Å². The van der Waals surface area contributed by atoms with Crippen molar-refractivity contribution in [1.29, 1.82) is 0 Å². The van der Waals surface area contributed by atoms with Gasteiger partial charge in [-0.15, -0.1) is 0 Å². The Balaban J connectivity index is 1.38. The van der Waals surface area contributed by atoms with E-state index < -0.39 is 0 Å². The molecule has 0 radical (unpaired) electrons. The van der Waals surface area contributed by atoms with E-state index in [0.717, 1.165) is 64.7 Å². The van der Waals surface area contributed by atoms with Gasteiger partial charge in [-0.1, -0.05) is 43.2 Å². The predicted molar refractivity (Wildman–Crippen MR) is 124 cm³/mol. The van der Waals surface area contributed by atoms with E-state index in [2.05, 4.69) is 22.5 Å². The number of pyridine rings is 1. The molecule has 1 aliphatic carbocycles. The van der Waals surface area contributed by atoms with Gasteiger partial charge in [-0.2, -0.15) is 0 Å². The molecule has 1 aromatic heterocycles. The van der Waals surface area contributed by atoms with E-state index in [9.17, 15) is 9.59 Å². The molecule has 0 aliphatic heterocycles. The first kappa shape index (κ1) is 21.0. The number of rotatable bonds is 6. The predicted octanol–water partition coefficient (Wildman–Crippen LogP) is 4.84. The van der Waals surface area contributed by atoms with E-state index in [4.69, 9.17) is 0 Å². The minimum atomic E-state index is -0.0383. The van der Waals surface area contributed by atoms with Crippen LogP contribution in [0.3, 0.4) is 0 Å². The highest BCUT2D eigenvalue weighted by Gasteiger charge is 2.22. The Labute approximate surface area is 183 Å². The molecule has 5 heteroatoms. The topological polar surface area (TPSA) is 71.1 Å². The van der Waals surface area contributed by atoms with Crippen molar-refractivity contribution in [3.05, 3.63) is 70.9 Å². The Morgan fingerprint density at radius 1 is 1.03 bits per heavy atom. The van der Waals surface area contributed by atoms with Gasteiger partial charge in [-0.25, -0.2) is 0 Å². The Bertz CT molecular complexity index is 1120. The summed E-state index contributed by atoms with van der Waals surface area (Å²) in [7, 11) is 0. The van der Waals surface area contributed by atoms with Crippen LogP contribution in [0.1, 0.15) is 48.1 Å². The normalized spacial score (nSPS) is 14.0. The van der Waals surface area contributed by atoms with Crippen LogP contribution < -0.4 is 10.6 Å². The molecule has 3 aromatic rings. The number of aryl methyl sites for hydroxylation is 2. The lowest BCUT2D eigenvalue weighted by molar-refractivity contribution is -0.121. The highest BCUT2D eigenvalue weighted by molar-refractivity contribution is 5.92. The molecule has 4 rings (SSSR count). The van der Waals surface area contributed by atoms with E-state index in [1.54, 1.807) is 0 Å². The number of para-hydroxylation sites is 1. The molecular formula is C26H29N3O2. The zero-order valence-corrected chi connectivity index (χ0v) is 18.2. The monoisotopic (exact) mass is 415 g/mol. The lowest BCUT2D eigenvalue weighted by Gasteiger charge is -2.13. The molecule has 1 aliphatic rings. The highest BCUT2D eigenvalue weighted by atomic mass is 16.2. The fourth-order valence-corrected chi connectivity index (χ4v) is 4.45. The maximum atomic E-state index is 12.7. The summed E-state index contributed by atoms with van der Waals surface area (Å²) in [6.07, 6.45) is 4.52. The van der Waals surface area contributed by atoms with Crippen LogP contribution in [-0.2, 0) is 22.6 Å². The fraction of sp³-hybridized carbons (Fsp3) is 0.346. The third kappa shape index (κ3) is 4.93. The van der Waals surface area contributed by atoms with E-state index >= 15 is 0 Å². The Hall–Kier alpha value is -3.21. The van der Waals surface area contributed by atoms with E-state index in [0.29, 0.717) is 13.0 Å². The standard InChI is InChI=1S/C26H29N3O2/c1-17-22-12-5-6-13-24(22)28-18(2)23(17)15-25(30)27-16-19-8-7-11-21(14-19)29-26(31)20-9-3-4-10-20/h5-8,11-14,20H,3-4,9-10,15-16H2,1-2H3,(H,27,30)(H,29,31). The molecule has 160 valence electrons. The second-order valence-corrected chi connectivity index (χ2v) is 8.44. The van der Waals surface area contributed by atoms with Crippen molar-refractivity contribution in [3.8, 4) is 0 Å². The maximum absolute atomic E-state index is 12.7. The number of nitrogens with zero attached hydrogens (tertiary/aromatic N) is 1. The van der Waals surface area contributed by atoms with Crippen LogP contribution in [0.4, 0.5) is 5.69 Å². The van der Waals surface area contributed by atoms with Crippen molar-refractivity contribution >= 4 is 28.4 Å². The number of hydrogen-bond donors (Lipinski definition) is 2. The van der Waals surface area contributed by atoms with Crippen molar-refractivity contribution in [2.45, 2.75) is 52.5 Å². The number of anilines is 1. The van der Waals surface area contributed by atoms with Gasteiger partial charge in [0.1, 0.15) is 0 Å². The quantitative estimate of drug-likeness (QED) is 0.605. The Morgan fingerprint density at radius 3 is 2.61 bits per heavy atom. The summed E-state index contributed by atoms with van der Waals surface area (Å²) < 4.78 is 0. The van der Waals surface area contributed by atoms with Crippen molar-refractivity contribution in [1.82, 2.24) is 10.3 Å².